The van der Waals surface area contributed by atoms with Crippen LogP contribution in [0.15, 0.2) is 35.8 Å². The Labute approximate surface area is 118 Å². The van der Waals surface area contributed by atoms with Crippen molar-refractivity contribution in [3.05, 3.63) is 50.0 Å². The molecule has 2 rings (SSSR count). The van der Waals surface area contributed by atoms with Crippen molar-refractivity contribution in [1.82, 2.24) is 4.98 Å². The normalized spacial score (nSPS) is 14.7. The summed E-state index contributed by atoms with van der Waals surface area (Å²) in [6.07, 6.45) is 1.81. The van der Waals surface area contributed by atoms with Crippen LogP contribution in [0, 0.1) is 2.88 Å². The average molecular weight is 364 g/mol. The second kappa shape index (κ2) is 5.47. The van der Waals surface area contributed by atoms with Gasteiger partial charge in [0.2, 0.25) is 0 Å². The van der Waals surface area contributed by atoms with Gasteiger partial charge in [-0.1, -0.05) is 13.0 Å². The van der Waals surface area contributed by atoms with Gasteiger partial charge in [-0.15, -0.1) is 22.9 Å². The van der Waals surface area contributed by atoms with E-state index in [1.54, 1.807) is 11.3 Å². The summed E-state index contributed by atoms with van der Waals surface area (Å²) >= 11 is 10.5. The zero-order chi connectivity index (χ0) is 11.5. The largest absolute Gasteiger partial charge is 0.261 e. The third-order valence-electron chi connectivity index (χ3n) is 2.50. The monoisotopic (exact) mass is 363 g/mol. The number of alkyl halides is 1. The first-order valence-corrected chi connectivity index (χ1v) is 7.37. The third-order valence-corrected chi connectivity index (χ3v) is 4.94. The maximum absolute atomic E-state index is 6.47. The summed E-state index contributed by atoms with van der Waals surface area (Å²) < 4.78 is 1.27. The maximum atomic E-state index is 6.47. The Bertz CT molecular complexity index is 457. The number of hydrogen-bond acceptors (Lipinski definition) is 2. The highest BCUT2D eigenvalue weighted by atomic mass is 127. The molecule has 2 unspecified atom stereocenters. The lowest BCUT2D eigenvalue weighted by atomic mass is 9.99. The van der Waals surface area contributed by atoms with E-state index in [1.807, 2.05) is 24.4 Å². The molecule has 0 radical (unpaired) electrons. The van der Waals surface area contributed by atoms with E-state index in [-0.39, 0.29) is 11.3 Å². The Hall–Kier alpha value is -0.130. The minimum Gasteiger partial charge on any atom is -0.261 e. The fourth-order valence-corrected chi connectivity index (χ4v) is 3.29. The topological polar surface area (TPSA) is 12.9 Å². The summed E-state index contributed by atoms with van der Waals surface area (Å²) in [5.41, 5.74) is 2.23. The number of thiophene rings is 1. The van der Waals surface area contributed by atoms with E-state index in [9.17, 15) is 0 Å². The number of nitrogens with zero attached hydrogens (tertiary/aromatic N) is 1. The summed E-state index contributed by atoms with van der Waals surface area (Å²) in [6.45, 7) is 2.12. The first-order chi connectivity index (χ1) is 7.68. The molecule has 0 aromatic carbocycles. The highest BCUT2D eigenvalue weighted by molar-refractivity contribution is 14.1. The molecule has 1 nitrogen and oxygen atoms in total. The summed E-state index contributed by atoms with van der Waals surface area (Å²) in [5, 5.41) is 2.12. The molecule has 0 spiro atoms. The highest BCUT2D eigenvalue weighted by Gasteiger charge is 2.20. The molecule has 0 aliphatic rings. The smallest absolute Gasteiger partial charge is 0.0674 e. The molecular formula is C12H11ClINS. The predicted molar refractivity (Wildman–Crippen MR) is 78.3 cm³/mol. The zero-order valence-corrected chi connectivity index (χ0v) is 12.5. The van der Waals surface area contributed by atoms with E-state index < -0.39 is 0 Å². The van der Waals surface area contributed by atoms with E-state index in [1.165, 1.54) is 8.45 Å². The van der Waals surface area contributed by atoms with Gasteiger partial charge in [-0.05, 0) is 51.7 Å². The molecule has 0 aliphatic heterocycles. The zero-order valence-electron chi connectivity index (χ0n) is 8.73. The molecule has 0 amide bonds. The van der Waals surface area contributed by atoms with Crippen LogP contribution in [-0.4, -0.2) is 4.98 Å². The van der Waals surface area contributed by atoms with Gasteiger partial charge in [-0.25, -0.2) is 0 Å². The number of pyridine rings is 1. The van der Waals surface area contributed by atoms with E-state index in [2.05, 4.69) is 45.9 Å². The summed E-state index contributed by atoms with van der Waals surface area (Å²) in [4.78, 5) is 4.35. The minimum absolute atomic E-state index is 0.00494. The molecule has 0 N–H and O–H groups in total. The standard InChI is InChI=1S/C12H11ClINS/c1-8(10-4-2-3-5-15-10)12(13)9-6-11(14)16-7-9/h2-8,12H,1H3. The van der Waals surface area contributed by atoms with Crippen LogP contribution < -0.4 is 0 Å². The van der Waals surface area contributed by atoms with E-state index >= 15 is 0 Å². The number of halogens is 2. The van der Waals surface area contributed by atoms with Gasteiger partial charge in [0.05, 0.1) is 8.26 Å². The second-order valence-corrected chi connectivity index (χ2v) is 6.90. The van der Waals surface area contributed by atoms with Crippen molar-refractivity contribution in [2.75, 3.05) is 0 Å². The van der Waals surface area contributed by atoms with Gasteiger partial charge >= 0.3 is 0 Å². The van der Waals surface area contributed by atoms with Crippen molar-refractivity contribution < 1.29 is 0 Å². The Balaban J connectivity index is 2.19. The molecule has 16 heavy (non-hydrogen) atoms. The summed E-state index contributed by atoms with van der Waals surface area (Å²) in [7, 11) is 0. The van der Waals surface area contributed by atoms with Crippen molar-refractivity contribution in [2.45, 2.75) is 18.2 Å². The van der Waals surface area contributed by atoms with Gasteiger partial charge in [0.25, 0.3) is 0 Å². The van der Waals surface area contributed by atoms with Gasteiger partial charge in [-0.3, -0.25) is 4.98 Å². The Morgan fingerprint density at radius 3 is 2.81 bits per heavy atom. The van der Waals surface area contributed by atoms with Crippen molar-refractivity contribution in [3.63, 3.8) is 0 Å². The second-order valence-electron chi connectivity index (χ2n) is 3.63. The Kier molecular flexibility index (Phi) is 4.21. The molecule has 2 aromatic rings. The van der Waals surface area contributed by atoms with E-state index in [4.69, 9.17) is 11.6 Å². The van der Waals surface area contributed by atoms with Crippen LogP contribution in [0.25, 0.3) is 0 Å². The first-order valence-electron chi connectivity index (χ1n) is 4.97. The maximum Gasteiger partial charge on any atom is 0.0674 e. The molecule has 2 aromatic heterocycles. The molecule has 0 fully saturated rings. The Morgan fingerprint density at radius 1 is 1.44 bits per heavy atom. The SMILES string of the molecule is CC(c1ccccn1)C(Cl)c1csc(I)c1. The van der Waals surface area contributed by atoms with Gasteiger partial charge in [0, 0.05) is 17.8 Å². The minimum atomic E-state index is -0.00494. The van der Waals surface area contributed by atoms with Gasteiger partial charge in [-0.2, -0.15) is 0 Å². The van der Waals surface area contributed by atoms with Crippen LogP contribution in [0.5, 0.6) is 0 Å². The molecule has 84 valence electrons. The third kappa shape index (κ3) is 2.76. The Morgan fingerprint density at radius 2 is 2.25 bits per heavy atom. The lowest BCUT2D eigenvalue weighted by Crippen LogP contribution is -2.03. The quantitative estimate of drug-likeness (QED) is 0.562. The molecule has 0 bridgehead atoms. The van der Waals surface area contributed by atoms with E-state index in [0.29, 0.717) is 0 Å². The predicted octanol–water partition coefficient (Wildman–Crippen LogP) is 4.83. The van der Waals surface area contributed by atoms with Crippen molar-refractivity contribution in [1.29, 1.82) is 0 Å². The van der Waals surface area contributed by atoms with Crippen LogP contribution in [0.1, 0.15) is 29.5 Å². The van der Waals surface area contributed by atoms with Crippen molar-refractivity contribution in [2.24, 2.45) is 0 Å². The molecule has 0 aliphatic carbocycles. The molecule has 0 saturated heterocycles. The van der Waals surface area contributed by atoms with Gasteiger partial charge in [0.1, 0.15) is 0 Å². The van der Waals surface area contributed by atoms with Gasteiger partial charge < -0.3 is 0 Å². The number of aromatic nitrogens is 1. The number of hydrogen-bond donors (Lipinski definition) is 0. The fourth-order valence-electron chi connectivity index (χ4n) is 1.55. The van der Waals surface area contributed by atoms with Gasteiger partial charge in [0.15, 0.2) is 0 Å². The van der Waals surface area contributed by atoms with Crippen LogP contribution in [0.2, 0.25) is 0 Å². The average Bonchev–Trinajstić information content (AvgIpc) is 2.75. The number of rotatable bonds is 3. The first kappa shape index (κ1) is 12.3. The van der Waals surface area contributed by atoms with E-state index in [0.717, 1.165) is 5.69 Å². The lowest BCUT2D eigenvalue weighted by Gasteiger charge is -2.16. The van der Waals surface area contributed by atoms with Crippen LogP contribution in [-0.2, 0) is 0 Å². The lowest BCUT2D eigenvalue weighted by molar-refractivity contribution is 0.708. The summed E-state index contributed by atoms with van der Waals surface area (Å²) in [6, 6.07) is 8.09. The molecular weight excluding hydrogens is 353 g/mol. The molecule has 2 atom stereocenters. The molecule has 4 heteroatoms. The molecule has 2 heterocycles. The van der Waals surface area contributed by atoms with Crippen LogP contribution in [0.3, 0.4) is 0 Å². The van der Waals surface area contributed by atoms with Crippen molar-refractivity contribution in [3.8, 4) is 0 Å². The van der Waals surface area contributed by atoms with Crippen molar-refractivity contribution >= 4 is 45.5 Å². The van der Waals surface area contributed by atoms with Crippen LogP contribution in [0.4, 0.5) is 0 Å². The molecule has 0 saturated carbocycles. The highest BCUT2D eigenvalue weighted by Crippen LogP contribution is 2.37. The fraction of sp³-hybridized carbons (Fsp3) is 0.250. The van der Waals surface area contributed by atoms with Crippen LogP contribution >= 0.6 is 45.5 Å². The summed E-state index contributed by atoms with van der Waals surface area (Å²) in [5.74, 6) is 0.230.